The van der Waals surface area contributed by atoms with Crippen LogP contribution in [0.1, 0.15) is 23.7 Å². The minimum Gasteiger partial charge on any atom is -0.355 e. The van der Waals surface area contributed by atoms with E-state index < -0.39 is 0 Å². The number of benzene rings is 1. The maximum absolute atomic E-state index is 11.9. The lowest BCUT2D eigenvalue weighted by atomic mass is 10.2. The van der Waals surface area contributed by atoms with Crippen LogP contribution in [0.15, 0.2) is 34.9 Å². The SMILES string of the molecule is Cc1noc(CCC(=O)NCCN2CCN(Cc3ccccc3)CC2)n1. The van der Waals surface area contributed by atoms with E-state index in [1.807, 2.05) is 0 Å². The van der Waals surface area contributed by atoms with Crippen molar-refractivity contribution in [2.24, 2.45) is 0 Å². The summed E-state index contributed by atoms with van der Waals surface area (Å²) in [5.74, 6) is 1.16. The van der Waals surface area contributed by atoms with Gasteiger partial charge in [-0.25, -0.2) is 0 Å². The molecule has 3 rings (SSSR count). The van der Waals surface area contributed by atoms with Gasteiger partial charge in [-0.3, -0.25) is 14.6 Å². The summed E-state index contributed by atoms with van der Waals surface area (Å²) in [6, 6.07) is 10.6. The number of amides is 1. The number of nitrogens with zero attached hydrogens (tertiary/aromatic N) is 4. The summed E-state index contributed by atoms with van der Waals surface area (Å²) in [7, 11) is 0. The third-order valence-electron chi connectivity index (χ3n) is 4.60. The molecular formula is C19H27N5O2. The first-order chi connectivity index (χ1) is 12.7. The van der Waals surface area contributed by atoms with Crippen LogP contribution in [0.2, 0.25) is 0 Å². The van der Waals surface area contributed by atoms with Gasteiger partial charge in [0.25, 0.3) is 0 Å². The number of hydrogen-bond donors (Lipinski definition) is 1. The van der Waals surface area contributed by atoms with Crippen LogP contribution in [0.3, 0.4) is 0 Å². The zero-order valence-electron chi connectivity index (χ0n) is 15.4. The van der Waals surface area contributed by atoms with Gasteiger partial charge >= 0.3 is 0 Å². The molecule has 1 N–H and O–H groups in total. The molecule has 7 heteroatoms. The molecule has 1 aliphatic rings. The van der Waals surface area contributed by atoms with Gasteiger partial charge in [0, 0.05) is 58.7 Å². The highest BCUT2D eigenvalue weighted by Crippen LogP contribution is 2.08. The fraction of sp³-hybridized carbons (Fsp3) is 0.526. The molecule has 140 valence electrons. The average molecular weight is 357 g/mol. The Kier molecular flexibility index (Phi) is 6.74. The minimum atomic E-state index is 0.0311. The highest BCUT2D eigenvalue weighted by molar-refractivity contribution is 5.75. The number of carbonyl (C=O) groups excluding carboxylic acids is 1. The van der Waals surface area contributed by atoms with Crippen molar-refractivity contribution in [3.05, 3.63) is 47.6 Å². The fourth-order valence-electron chi connectivity index (χ4n) is 3.12. The summed E-state index contributed by atoms with van der Waals surface area (Å²) >= 11 is 0. The van der Waals surface area contributed by atoms with E-state index in [2.05, 4.69) is 55.6 Å². The van der Waals surface area contributed by atoms with Gasteiger partial charge in [0.05, 0.1) is 0 Å². The molecule has 0 bridgehead atoms. The molecule has 1 amide bonds. The topological polar surface area (TPSA) is 74.5 Å². The molecule has 0 atom stereocenters. The highest BCUT2D eigenvalue weighted by Gasteiger charge is 2.16. The van der Waals surface area contributed by atoms with Gasteiger partial charge in [-0.15, -0.1) is 0 Å². The molecule has 0 spiro atoms. The number of rotatable bonds is 8. The van der Waals surface area contributed by atoms with Crippen molar-refractivity contribution < 1.29 is 9.32 Å². The largest absolute Gasteiger partial charge is 0.355 e. The summed E-state index contributed by atoms with van der Waals surface area (Å²) in [5, 5.41) is 6.70. The molecule has 0 aliphatic carbocycles. The molecule has 2 aromatic rings. The third kappa shape index (κ3) is 5.93. The zero-order valence-corrected chi connectivity index (χ0v) is 15.4. The smallest absolute Gasteiger partial charge is 0.227 e. The Hall–Kier alpha value is -2.25. The third-order valence-corrected chi connectivity index (χ3v) is 4.60. The van der Waals surface area contributed by atoms with E-state index in [0.29, 0.717) is 31.1 Å². The summed E-state index contributed by atoms with van der Waals surface area (Å²) in [6.45, 7) is 8.59. The quantitative estimate of drug-likeness (QED) is 0.766. The second-order valence-electron chi connectivity index (χ2n) is 6.69. The predicted molar refractivity (Wildman–Crippen MR) is 98.5 cm³/mol. The summed E-state index contributed by atoms with van der Waals surface area (Å²) in [5.41, 5.74) is 1.37. The molecule has 1 fully saturated rings. The Morgan fingerprint density at radius 2 is 1.88 bits per heavy atom. The molecule has 1 saturated heterocycles. The lowest BCUT2D eigenvalue weighted by Gasteiger charge is -2.34. The van der Waals surface area contributed by atoms with Gasteiger partial charge in [0.1, 0.15) is 0 Å². The number of aromatic nitrogens is 2. The molecule has 0 saturated carbocycles. The number of nitrogens with one attached hydrogen (secondary N) is 1. The van der Waals surface area contributed by atoms with Gasteiger partial charge < -0.3 is 9.84 Å². The Bertz CT molecular complexity index is 680. The molecule has 1 aromatic carbocycles. The van der Waals surface area contributed by atoms with E-state index in [1.165, 1.54) is 5.56 Å². The number of piperazine rings is 1. The van der Waals surface area contributed by atoms with Crippen LogP contribution in [0.25, 0.3) is 0 Å². The van der Waals surface area contributed by atoms with Gasteiger partial charge in [0.2, 0.25) is 11.8 Å². The lowest BCUT2D eigenvalue weighted by Crippen LogP contribution is -2.48. The van der Waals surface area contributed by atoms with Crippen molar-refractivity contribution in [3.8, 4) is 0 Å². The Balaban J connectivity index is 1.27. The van der Waals surface area contributed by atoms with Crippen LogP contribution in [-0.4, -0.2) is 65.1 Å². The van der Waals surface area contributed by atoms with E-state index >= 15 is 0 Å². The molecule has 7 nitrogen and oxygen atoms in total. The first-order valence-electron chi connectivity index (χ1n) is 9.23. The number of aryl methyl sites for hydroxylation is 2. The van der Waals surface area contributed by atoms with Gasteiger partial charge in [0.15, 0.2) is 5.82 Å². The molecule has 1 aromatic heterocycles. The van der Waals surface area contributed by atoms with Crippen LogP contribution in [-0.2, 0) is 17.8 Å². The van der Waals surface area contributed by atoms with E-state index in [-0.39, 0.29) is 5.91 Å². The van der Waals surface area contributed by atoms with Crippen molar-refractivity contribution in [1.29, 1.82) is 0 Å². The van der Waals surface area contributed by atoms with Crippen molar-refractivity contribution in [3.63, 3.8) is 0 Å². The monoisotopic (exact) mass is 357 g/mol. The molecule has 2 heterocycles. The maximum Gasteiger partial charge on any atom is 0.227 e. The second-order valence-corrected chi connectivity index (χ2v) is 6.69. The molecule has 1 aliphatic heterocycles. The molecular weight excluding hydrogens is 330 g/mol. The van der Waals surface area contributed by atoms with Gasteiger partial charge in [-0.05, 0) is 12.5 Å². The molecule has 26 heavy (non-hydrogen) atoms. The van der Waals surface area contributed by atoms with Crippen molar-refractivity contribution in [2.45, 2.75) is 26.3 Å². The summed E-state index contributed by atoms with van der Waals surface area (Å²) in [6.07, 6.45) is 0.872. The highest BCUT2D eigenvalue weighted by atomic mass is 16.5. The Labute approximate surface area is 154 Å². The van der Waals surface area contributed by atoms with Gasteiger partial charge in [-0.2, -0.15) is 4.98 Å². The summed E-state index contributed by atoms with van der Waals surface area (Å²) < 4.78 is 5.01. The first-order valence-corrected chi connectivity index (χ1v) is 9.23. The maximum atomic E-state index is 11.9. The van der Waals surface area contributed by atoms with Crippen LogP contribution in [0.4, 0.5) is 0 Å². The van der Waals surface area contributed by atoms with Crippen LogP contribution in [0, 0.1) is 6.92 Å². The number of hydrogen-bond acceptors (Lipinski definition) is 6. The van der Waals surface area contributed by atoms with Crippen LogP contribution in [0.5, 0.6) is 0 Å². The lowest BCUT2D eigenvalue weighted by molar-refractivity contribution is -0.121. The predicted octanol–water partition coefficient (Wildman–Crippen LogP) is 1.24. The van der Waals surface area contributed by atoms with E-state index in [1.54, 1.807) is 6.92 Å². The fourth-order valence-corrected chi connectivity index (χ4v) is 3.12. The van der Waals surface area contributed by atoms with Crippen LogP contribution >= 0.6 is 0 Å². The van der Waals surface area contributed by atoms with Gasteiger partial charge in [-0.1, -0.05) is 35.5 Å². The minimum absolute atomic E-state index is 0.0311. The number of carbonyl (C=O) groups is 1. The van der Waals surface area contributed by atoms with Crippen molar-refractivity contribution in [1.82, 2.24) is 25.3 Å². The normalized spacial score (nSPS) is 15.9. The first kappa shape index (κ1) is 18.5. The molecule has 0 unspecified atom stereocenters. The standard InChI is InChI=1S/C19H27N5O2/c1-16-21-19(26-22-16)8-7-18(25)20-9-10-23-11-13-24(14-12-23)15-17-5-3-2-4-6-17/h2-6H,7-15H2,1H3,(H,20,25). The van der Waals surface area contributed by atoms with Crippen molar-refractivity contribution >= 4 is 5.91 Å². The summed E-state index contributed by atoms with van der Waals surface area (Å²) in [4.78, 5) is 20.9. The Morgan fingerprint density at radius 1 is 1.15 bits per heavy atom. The second kappa shape index (κ2) is 9.45. The Morgan fingerprint density at radius 3 is 2.58 bits per heavy atom. The van der Waals surface area contributed by atoms with Crippen LogP contribution < -0.4 is 5.32 Å². The average Bonchev–Trinajstić information content (AvgIpc) is 3.08. The van der Waals surface area contributed by atoms with Crippen molar-refractivity contribution in [2.75, 3.05) is 39.3 Å². The molecule has 0 radical (unpaired) electrons. The van der Waals surface area contributed by atoms with E-state index in [4.69, 9.17) is 4.52 Å². The zero-order chi connectivity index (χ0) is 18.2. The van der Waals surface area contributed by atoms with E-state index in [9.17, 15) is 4.79 Å². The van der Waals surface area contributed by atoms with E-state index in [0.717, 1.165) is 39.3 Å².